The number of nitro groups is 1. The van der Waals surface area contributed by atoms with Crippen LogP contribution >= 0.6 is 0 Å². The third-order valence-electron chi connectivity index (χ3n) is 2.50. The van der Waals surface area contributed by atoms with Crippen LogP contribution in [0.15, 0.2) is 18.2 Å². The molecule has 1 aromatic rings. The molecule has 0 atom stereocenters. The normalized spacial score (nSPS) is 11.3. The van der Waals surface area contributed by atoms with Gasteiger partial charge in [0.15, 0.2) is 15.6 Å². The standard InChI is InChI=1S/C11H15NO6S/c1-2-19(16,17)6-5-18-11-7-9(8-13)3-4-10(11)12(14)15/h3-4,7,13H,2,5-6,8H2,1H3. The molecule has 0 amide bonds. The minimum atomic E-state index is -3.18. The van der Waals surface area contributed by atoms with Gasteiger partial charge in [-0.25, -0.2) is 8.42 Å². The number of hydrogen-bond acceptors (Lipinski definition) is 6. The largest absolute Gasteiger partial charge is 0.486 e. The van der Waals surface area contributed by atoms with Crippen LogP contribution in [0.3, 0.4) is 0 Å². The second-order valence-corrected chi connectivity index (χ2v) is 6.27. The molecule has 0 aromatic heterocycles. The van der Waals surface area contributed by atoms with Crippen molar-refractivity contribution in [2.45, 2.75) is 13.5 Å². The van der Waals surface area contributed by atoms with Crippen molar-refractivity contribution in [3.63, 3.8) is 0 Å². The van der Waals surface area contributed by atoms with Crippen molar-refractivity contribution >= 4 is 15.5 Å². The molecule has 0 saturated heterocycles. The Balaban J connectivity index is 2.84. The third kappa shape index (κ3) is 4.49. The van der Waals surface area contributed by atoms with Crippen LogP contribution in [0.1, 0.15) is 12.5 Å². The molecule has 0 saturated carbocycles. The maximum Gasteiger partial charge on any atom is 0.310 e. The summed E-state index contributed by atoms with van der Waals surface area (Å²) in [5.74, 6) is -0.248. The lowest BCUT2D eigenvalue weighted by Crippen LogP contribution is -2.16. The molecule has 0 unspecified atom stereocenters. The van der Waals surface area contributed by atoms with Gasteiger partial charge in [-0.05, 0) is 17.7 Å². The van der Waals surface area contributed by atoms with Gasteiger partial charge in [0, 0.05) is 11.8 Å². The molecule has 0 aliphatic carbocycles. The quantitative estimate of drug-likeness (QED) is 0.590. The molecule has 8 heteroatoms. The lowest BCUT2D eigenvalue weighted by molar-refractivity contribution is -0.385. The molecule has 0 heterocycles. The van der Waals surface area contributed by atoms with Crippen LogP contribution in [0.2, 0.25) is 0 Å². The van der Waals surface area contributed by atoms with Crippen LogP contribution < -0.4 is 4.74 Å². The summed E-state index contributed by atoms with van der Waals surface area (Å²) >= 11 is 0. The Labute approximate surface area is 110 Å². The number of hydrogen-bond donors (Lipinski definition) is 1. The molecule has 7 nitrogen and oxygen atoms in total. The van der Waals surface area contributed by atoms with E-state index >= 15 is 0 Å². The van der Waals surface area contributed by atoms with E-state index in [9.17, 15) is 18.5 Å². The zero-order valence-electron chi connectivity index (χ0n) is 10.4. The molecule has 1 N–H and O–H groups in total. The number of nitrogens with zero attached hydrogens (tertiary/aromatic N) is 1. The Hall–Kier alpha value is -1.67. The Morgan fingerprint density at radius 3 is 2.63 bits per heavy atom. The van der Waals surface area contributed by atoms with Gasteiger partial charge in [-0.3, -0.25) is 10.1 Å². The van der Waals surface area contributed by atoms with E-state index in [2.05, 4.69) is 0 Å². The van der Waals surface area contributed by atoms with E-state index in [4.69, 9.17) is 9.84 Å². The fourth-order valence-electron chi connectivity index (χ4n) is 1.35. The molecule has 0 aliphatic rings. The third-order valence-corrected chi connectivity index (χ3v) is 4.16. The SMILES string of the molecule is CCS(=O)(=O)CCOc1cc(CO)ccc1[N+](=O)[O-]. The van der Waals surface area contributed by atoms with Crippen molar-refractivity contribution < 1.29 is 23.2 Å². The van der Waals surface area contributed by atoms with E-state index in [1.54, 1.807) is 0 Å². The smallest absolute Gasteiger partial charge is 0.310 e. The average molecular weight is 289 g/mol. The lowest BCUT2D eigenvalue weighted by Gasteiger charge is -2.08. The number of benzene rings is 1. The van der Waals surface area contributed by atoms with Crippen molar-refractivity contribution in [2.75, 3.05) is 18.1 Å². The zero-order valence-corrected chi connectivity index (χ0v) is 11.2. The fraction of sp³-hybridized carbons (Fsp3) is 0.455. The molecular weight excluding hydrogens is 274 g/mol. The molecule has 0 fully saturated rings. The Kier molecular flexibility index (Phi) is 5.25. The molecule has 1 rings (SSSR count). The number of sulfone groups is 1. The first kappa shape index (κ1) is 15.4. The van der Waals surface area contributed by atoms with Crippen molar-refractivity contribution in [1.82, 2.24) is 0 Å². The lowest BCUT2D eigenvalue weighted by atomic mass is 10.2. The topological polar surface area (TPSA) is 107 Å². The molecule has 1 aromatic carbocycles. The van der Waals surface area contributed by atoms with Crippen molar-refractivity contribution in [3.8, 4) is 5.75 Å². The minimum absolute atomic E-state index is 0.00483. The van der Waals surface area contributed by atoms with Crippen LogP contribution in [0.25, 0.3) is 0 Å². The van der Waals surface area contributed by atoms with Gasteiger partial charge in [0.2, 0.25) is 0 Å². The molecule has 0 spiro atoms. The summed E-state index contributed by atoms with van der Waals surface area (Å²) in [6, 6.07) is 3.96. The molecule has 0 radical (unpaired) electrons. The van der Waals surface area contributed by atoms with Gasteiger partial charge in [-0.15, -0.1) is 0 Å². The van der Waals surface area contributed by atoms with Crippen LogP contribution in [-0.4, -0.2) is 36.6 Å². The number of nitro benzene ring substituents is 1. The van der Waals surface area contributed by atoms with Gasteiger partial charge in [-0.1, -0.05) is 6.92 Å². The first-order chi connectivity index (χ1) is 8.89. The van der Waals surface area contributed by atoms with Crippen LogP contribution in [0.5, 0.6) is 5.75 Å². The maximum absolute atomic E-state index is 11.3. The average Bonchev–Trinajstić information content (AvgIpc) is 2.38. The summed E-state index contributed by atoms with van der Waals surface area (Å²) < 4.78 is 27.7. The summed E-state index contributed by atoms with van der Waals surface area (Å²) in [5.41, 5.74) is 0.199. The Bertz CT molecular complexity index is 554. The second-order valence-electron chi connectivity index (χ2n) is 3.80. The summed E-state index contributed by atoms with van der Waals surface area (Å²) in [6.07, 6.45) is 0. The number of rotatable bonds is 7. The Morgan fingerprint density at radius 1 is 1.42 bits per heavy atom. The number of aliphatic hydroxyl groups excluding tert-OH is 1. The van der Waals surface area contributed by atoms with Crippen LogP contribution in [-0.2, 0) is 16.4 Å². The number of ether oxygens (including phenoxy) is 1. The fourth-order valence-corrected chi connectivity index (χ4v) is 1.97. The molecule has 106 valence electrons. The van der Waals surface area contributed by atoms with Gasteiger partial charge < -0.3 is 9.84 Å². The summed E-state index contributed by atoms with van der Waals surface area (Å²) in [4.78, 5) is 10.2. The van der Waals surface area contributed by atoms with Gasteiger partial charge in [-0.2, -0.15) is 0 Å². The minimum Gasteiger partial charge on any atom is -0.486 e. The van der Waals surface area contributed by atoms with E-state index in [1.165, 1.54) is 25.1 Å². The van der Waals surface area contributed by atoms with Crippen molar-refractivity contribution in [1.29, 1.82) is 0 Å². The van der Waals surface area contributed by atoms with Crippen LogP contribution in [0, 0.1) is 10.1 Å². The molecule has 19 heavy (non-hydrogen) atoms. The highest BCUT2D eigenvalue weighted by Crippen LogP contribution is 2.28. The van der Waals surface area contributed by atoms with Gasteiger partial charge >= 0.3 is 5.69 Å². The second kappa shape index (κ2) is 6.48. The van der Waals surface area contributed by atoms with E-state index in [1.807, 2.05) is 0 Å². The van der Waals surface area contributed by atoms with E-state index in [0.717, 1.165) is 0 Å². The first-order valence-corrected chi connectivity index (χ1v) is 7.43. The highest BCUT2D eigenvalue weighted by atomic mass is 32.2. The Morgan fingerprint density at radius 2 is 2.11 bits per heavy atom. The van der Waals surface area contributed by atoms with E-state index in [0.29, 0.717) is 5.56 Å². The predicted molar refractivity (Wildman–Crippen MR) is 68.8 cm³/mol. The van der Waals surface area contributed by atoms with Gasteiger partial charge in [0.05, 0.1) is 17.3 Å². The summed E-state index contributed by atoms with van der Waals surface area (Å²) in [6.45, 7) is 1.08. The number of aliphatic hydroxyl groups is 1. The van der Waals surface area contributed by atoms with Gasteiger partial charge in [0.25, 0.3) is 0 Å². The summed E-state index contributed by atoms with van der Waals surface area (Å²) in [7, 11) is -3.18. The zero-order chi connectivity index (χ0) is 14.5. The monoisotopic (exact) mass is 289 g/mol. The van der Waals surface area contributed by atoms with Gasteiger partial charge in [0.1, 0.15) is 6.61 Å². The molecular formula is C11H15NO6S. The first-order valence-electron chi connectivity index (χ1n) is 5.61. The highest BCUT2D eigenvalue weighted by Gasteiger charge is 2.16. The van der Waals surface area contributed by atoms with Crippen molar-refractivity contribution in [3.05, 3.63) is 33.9 Å². The maximum atomic E-state index is 11.3. The highest BCUT2D eigenvalue weighted by molar-refractivity contribution is 7.91. The van der Waals surface area contributed by atoms with E-state index in [-0.39, 0.29) is 36.2 Å². The van der Waals surface area contributed by atoms with E-state index < -0.39 is 14.8 Å². The predicted octanol–water partition coefficient (Wildman–Crippen LogP) is 0.901. The summed E-state index contributed by atoms with van der Waals surface area (Å²) in [5, 5.41) is 19.7. The van der Waals surface area contributed by atoms with Crippen LogP contribution in [0.4, 0.5) is 5.69 Å². The molecule has 0 aliphatic heterocycles. The molecule has 0 bridgehead atoms. The van der Waals surface area contributed by atoms with Crippen molar-refractivity contribution in [2.24, 2.45) is 0 Å².